The summed E-state index contributed by atoms with van der Waals surface area (Å²) in [6, 6.07) is 4.36. The molecule has 1 unspecified atom stereocenters. The maximum atomic E-state index is 12.3. The molecule has 0 spiro atoms. The van der Waals surface area contributed by atoms with Gasteiger partial charge in [-0.2, -0.15) is 0 Å². The highest BCUT2D eigenvalue weighted by Gasteiger charge is 2.18. The average Bonchev–Trinajstić information content (AvgIpc) is 2.42. The molecular weight excluding hydrogens is 284 g/mol. The van der Waals surface area contributed by atoms with Gasteiger partial charge < -0.3 is 5.32 Å². The third-order valence-electron chi connectivity index (χ3n) is 4.08. The van der Waals surface area contributed by atoms with Crippen molar-refractivity contribution >= 4 is 15.7 Å². The van der Waals surface area contributed by atoms with Crippen LogP contribution in [-0.4, -0.2) is 26.8 Å². The van der Waals surface area contributed by atoms with Gasteiger partial charge in [-0.1, -0.05) is 24.1 Å². The van der Waals surface area contributed by atoms with E-state index < -0.39 is 10.0 Å². The number of aryl methyl sites for hydroxylation is 3. The van der Waals surface area contributed by atoms with Crippen LogP contribution in [0, 0.1) is 20.8 Å². The smallest absolute Gasteiger partial charge is 0.232 e. The largest absolute Gasteiger partial charge is 0.314 e. The Labute approximate surface area is 128 Å². The van der Waals surface area contributed by atoms with Gasteiger partial charge in [-0.05, 0) is 57.7 Å². The molecule has 1 aromatic carbocycles. The Morgan fingerprint density at radius 3 is 2.43 bits per heavy atom. The summed E-state index contributed by atoms with van der Waals surface area (Å²) in [6.45, 7) is 6.92. The maximum absolute atomic E-state index is 12.3. The van der Waals surface area contributed by atoms with E-state index in [4.69, 9.17) is 0 Å². The first kappa shape index (κ1) is 16.3. The van der Waals surface area contributed by atoms with E-state index in [0.717, 1.165) is 35.3 Å². The predicted octanol–water partition coefficient (Wildman–Crippen LogP) is 2.89. The number of hydrogen-bond acceptors (Lipinski definition) is 3. The molecule has 0 saturated carbocycles. The van der Waals surface area contributed by atoms with Crippen molar-refractivity contribution in [1.82, 2.24) is 5.32 Å². The Morgan fingerprint density at radius 2 is 1.86 bits per heavy atom. The Balaban J connectivity index is 2.00. The lowest BCUT2D eigenvalue weighted by Crippen LogP contribution is -2.36. The highest BCUT2D eigenvalue weighted by atomic mass is 32.2. The number of piperidine rings is 1. The van der Waals surface area contributed by atoms with E-state index in [1.807, 2.05) is 32.9 Å². The molecular formula is C16H26N2O2S. The quantitative estimate of drug-likeness (QED) is 0.879. The van der Waals surface area contributed by atoms with Gasteiger partial charge in [0.2, 0.25) is 10.0 Å². The predicted molar refractivity (Wildman–Crippen MR) is 88.3 cm³/mol. The van der Waals surface area contributed by atoms with Gasteiger partial charge in [-0.25, -0.2) is 8.42 Å². The average molecular weight is 310 g/mol. The third kappa shape index (κ3) is 4.71. The van der Waals surface area contributed by atoms with Crippen molar-refractivity contribution in [3.05, 3.63) is 28.8 Å². The summed E-state index contributed by atoms with van der Waals surface area (Å²) in [4.78, 5) is 0. The second kappa shape index (κ2) is 6.79. The molecule has 0 aromatic heterocycles. The van der Waals surface area contributed by atoms with Crippen molar-refractivity contribution in [2.75, 3.05) is 17.0 Å². The lowest BCUT2D eigenvalue weighted by atomic mass is 10.0. The molecule has 0 bridgehead atoms. The van der Waals surface area contributed by atoms with Crippen molar-refractivity contribution in [2.24, 2.45) is 0 Å². The van der Waals surface area contributed by atoms with Gasteiger partial charge in [0.15, 0.2) is 0 Å². The number of benzene rings is 1. The summed E-state index contributed by atoms with van der Waals surface area (Å²) in [5, 5.41) is 3.39. The molecule has 4 nitrogen and oxygen atoms in total. The molecule has 1 atom stereocenters. The van der Waals surface area contributed by atoms with Crippen molar-refractivity contribution in [2.45, 2.75) is 52.5 Å². The molecule has 1 aliphatic rings. The molecule has 1 aromatic rings. The van der Waals surface area contributed by atoms with Crippen LogP contribution in [0.4, 0.5) is 5.69 Å². The summed E-state index contributed by atoms with van der Waals surface area (Å²) >= 11 is 0. The van der Waals surface area contributed by atoms with Crippen LogP contribution < -0.4 is 10.0 Å². The zero-order valence-corrected chi connectivity index (χ0v) is 14.0. The first-order valence-corrected chi connectivity index (χ1v) is 9.34. The molecule has 1 fully saturated rings. The van der Waals surface area contributed by atoms with E-state index >= 15 is 0 Å². The SMILES string of the molecule is Cc1cc(C)c(NS(=O)(=O)CCC2CCCCN2)c(C)c1. The minimum absolute atomic E-state index is 0.178. The van der Waals surface area contributed by atoms with E-state index in [2.05, 4.69) is 10.0 Å². The summed E-state index contributed by atoms with van der Waals surface area (Å²) in [5.41, 5.74) is 3.84. The standard InChI is InChI=1S/C16H26N2O2S/c1-12-10-13(2)16(14(3)11-12)18-21(19,20)9-7-15-6-4-5-8-17-15/h10-11,15,17-18H,4-9H2,1-3H3. The van der Waals surface area contributed by atoms with Crippen LogP contribution in [0.3, 0.4) is 0 Å². The van der Waals surface area contributed by atoms with Crippen molar-refractivity contribution in [3.63, 3.8) is 0 Å². The van der Waals surface area contributed by atoms with Crippen molar-refractivity contribution in [1.29, 1.82) is 0 Å². The van der Waals surface area contributed by atoms with E-state index in [1.54, 1.807) is 0 Å². The maximum Gasteiger partial charge on any atom is 0.232 e. The lowest BCUT2D eigenvalue weighted by Gasteiger charge is -2.23. The number of hydrogen-bond donors (Lipinski definition) is 2. The second-order valence-corrected chi connectivity index (χ2v) is 7.97. The number of anilines is 1. The van der Waals surface area contributed by atoms with Gasteiger partial charge in [0.05, 0.1) is 11.4 Å². The van der Waals surface area contributed by atoms with Gasteiger partial charge in [-0.3, -0.25) is 4.72 Å². The van der Waals surface area contributed by atoms with Gasteiger partial charge in [0, 0.05) is 6.04 Å². The molecule has 2 N–H and O–H groups in total. The monoisotopic (exact) mass is 310 g/mol. The Hall–Kier alpha value is -1.07. The molecule has 0 radical (unpaired) electrons. The topological polar surface area (TPSA) is 58.2 Å². The minimum atomic E-state index is -3.28. The summed E-state index contributed by atoms with van der Waals surface area (Å²) in [7, 11) is -3.28. The lowest BCUT2D eigenvalue weighted by molar-refractivity contribution is 0.393. The van der Waals surface area contributed by atoms with E-state index in [0.29, 0.717) is 12.5 Å². The molecule has 21 heavy (non-hydrogen) atoms. The highest BCUT2D eigenvalue weighted by molar-refractivity contribution is 7.92. The highest BCUT2D eigenvalue weighted by Crippen LogP contribution is 2.23. The summed E-state index contributed by atoms with van der Waals surface area (Å²) in [5.74, 6) is 0.178. The number of nitrogens with one attached hydrogen (secondary N) is 2. The molecule has 1 saturated heterocycles. The first-order chi connectivity index (χ1) is 9.87. The number of rotatable bonds is 5. The normalized spacial score (nSPS) is 19.5. The minimum Gasteiger partial charge on any atom is -0.314 e. The van der Waals surface area contributed by atoms with Gasteiger partial charge in [0.25, 0.3) is 0 Å². The van der Waals surface area contributed by atoms with Crippen LogP contribution in [0.15, 0.2) is 12.1 Å². The van der Waals surface area contributed by atoms with Crippen LogP contribution in [-0.2, 0) is 10.0 Å². The van der Waals surface area contributed by atoms with E-state index in [1.165, 1.54) is 12.8 Å². The van der Waals surface area contributed by atoms with E-state index in [-0.39, 0.29) is 5.75 Å². The fraction of sp³-hybridized carbons (Fsp3) is 0.625. The first-order valence-electron chi connectivity index (χ1n) is 7.69. The van der Waals surface area contributed by atoms with Gasteiger partial charge in [0.1, 0.15) is 0 Å². The molecule has 0 amide bonds. The molecule has 118 valence electrons. The van der Waals surface area contributed by atoms with Crippen LogP contribution in [0.2, 0.25) is 0 Å². The van der Waals surface area contributed by atoms with Crippen molar-refractivity contribution < 1.29 is 8.42 Å². The Kier molecular flexibility index (Phi) is 5.27. The fourth-order valence-electron chi connectivity index (χ4n) is 3.02. The summed E-state index contributed by atoms with van der Waals surface area (Å²) in [6.07, 6.45) is 4.15. The van der Waals surface area contributed by atoms with Gasteiger partial charge in [-0.15, -0.1) is 0 Å². The van der Waals surface area contributed by atoms with Crippen LogP contribution >= 0.6 is 0 Å². The molecule has 1 aliphatic heterocycles. The van der Waals surface area contributed by atoms with Crippen molar-refractivity contribution in [3.8, 4) is 0 Å². The van der Waals surface area contributed by atoms with Crippen LogP contribution in [0.5, 0.6) is 0 Å². The van der Waals surface area contributed by atoms with Crippen LogP contribution in [0.1, 0.15) is 42.4 Å². The third-order valence-corrected chi connectivity index (χ3v) is 5.37. The number of sulfonamides is 1. The Bertz CT molecular complexity index is 567. The van der Waals surface area contributed by atoms with Gasteiger partial charge >= 0.3 is 0 Å². The zero-order valence-electron chi connectivity index (χ0n) is 13.2. The summed E-state index contributed by atoms with van der Waals surface area (Å²) < 4.78 is 27.4. The fourth-order valence-corrected chi connectivity index (χ4v) is 4.35. The van der Waals surface area contributed by atoms with Crippen LogP contribution in [0.25, 0.3) is 0 Å². The Morgan fingerprint density at radius 1 is 1.19 bits per heavy atom. The zero-order chi connectivity index (χ0) is 15.5. The molecule has 2 rings (SSSR count). The second-order valence-electron chi connectivity index (χ2n) is 6.13. The molecule has 0 aliphatic carbocycles. The molecule has 5 heteroatoms. The molecule has 1 heterocycles. The van der Waals surface area contributed by atoms with E-state index in [9.17, 15) is 8.42 Å².